The van der Waals surface area contributed by atoms with E-state index in [9.17, 15) is 0 Å². The molecule has 0 saturated heterocycles. The van der Waals surface area contributed by atoms with Crippen molar-refractivity contribution in [1.82, 2.24) is 0 Å². The average molecular weight is 241 g/mol. The molecule has 0 aliphatic carbocycles. The molecule has 18 heavy (non-hydrogen) atoms. The van der Waals surface area contributed by atoms with E-state index in [2.05, 4.69) is 48.5 Å². The van der Waals surface area contributed by atoms with Crippen LogP contribution in [0.1, 0.15) is 11.1 Å². The Morgan fingerprint density at radius 2 is 1.72 bits per heavy atom. The molecule has 0 aliphatic heterocycles. The largest absolute Gasteiger partial charge is 0.384 e. The molecule has 0 atom stereocenters. The van der Waals surface area contributed by atoms with Gasteiger partial charge >= 0.3 is 0 Å². The lowest BCUT2D eigenvalue weighted by atomic mass is 10.0. The highest BCUT2D eigenvalue weighted by Gasteiger charge is 1.99. The van der Waals surface area contributed by atoms with Gasteiger partial charge in [0.1, 0.15) is 0 Å². The summed E-state index contributed by atoms with van der Waals surface area (Å²) in [4.78, 5) is 0. The summed E-state index contributed by atoms with van der Waals surface area (Å²) in [7, 11) is 1.73. The summed E-state index contributed by atoms with van der Waals surface area (Å²) in [6.45, 7) is 1.35. The van der Waals surface area contributed by atoms with Crippen molar-refractivity contribution in [1.29, 1.82) is 0 Å². The highest BCUT2D eigenvalue weighted by atomic mass is 16.5. The van der Waals surface area contributed by atoms with Crippen molar-refractivity contribution < 1.29 is 4.74 Å². The number of ether oxygens (including phenoxy) is 1. The van der Waals surface area contributed by atoms with Crippen LogP contribution in [0.3, 0.4) is 0 Å². The number of benzene rings is 2. The molecule has 0 spiro atoms. The number of hydrogen-bond acceptors (Lipinski definition) is 2. The number of methoxy groups -OCH3 is 1. The Morgan fingerprint density at radius 3 is 2.39 bits per heavy atom. The third-order valence-electron chi connectivity index (χ3n) is 3.04. The van der Waals surface area contributed by atoms with E-state index in [0.717, 1.165) is 18.6 Å². The summed E-state index contributed by atoms with van der Waals surface area (Å²) in [6.07, 6.45) is 0.958. The zero-order chi connectivity index (χ0) is 12.8. The molecular formula is C16H19NO. The standard InChI is InChI=1S/C16H19NO/c1-18-10-9-13-5-7-15(8-6-13)16-4-2-3-14(11-16)12-17/h2-8,11H,9-10,12,17H2,1H3. The second-order valence-corrected chi connectivity index (χ2v) is 4.34. The van der Waals surface area contributed by atoms with E-state index in [4.69, 9.17) is 10.5 Å². The average Bonchev–Trinajstić information content (AvgIpc) is 2.46. The number of nitrogens with two attached hydrogens (primary N) is 1. The van der Waals surface area contributed by atoms with Gasteiger partial charge in [0.15, 0.2) is 0 Å². The molecule has 2 N–H and O–H groups in total. The van der Waals surface area contributed by atoms with Crippen LogP contribution < -0.4 is 5.73 Å². The minimum atomic E-state index is 0.583. The lowest BCUT2D eigenvalue weighted by Crippen LogP contribution is -1.96. The number of rotatable bonds is 5. The maximum Gasteiger partial charge on any atom is 0.0502 e. The van der Waals surface area contributed by atoms with Gasteiger partial charge in [0, 0.05) is 13.7 Å². The fourth-order valence-electron chi connectivity index (χ4n) is 1.96. The Hall–Kier alpha value is -1.64. The first-order valence-electron chi connectivity index (χ1n) is 6.21. The van der Waals surface area contributed by atoms with Crippen LogP contribution in [0, 0.1) is 0 Å². The van der Waals surface area contributed by atoms with E-state index in [1.165, 1.54) is 16.7 Å². The zero-order valence-corrected chi connectivity index (χ0v) is 10.7. The summed E-state index contributed by atoms with van der Waals surface area (Å²) >= 11 is 0. The predicted octanol–water partition coefficient (Wildman–Crippen LogP) is 3.00. The smallest absolute Gasteiger partial charge is 0.0502 e. The highest BCUT2D eigenvalue weighted by molar-refractivity contribution is 5.64. The molecule has 0 aliphatic rings. The van der Waals surface area contributed by atoms with Gasteiger partial charge in [-0.25, -0.2) is 0 Å². The van der Waals surface area contributed by atoms with E-state index in [1.54, 1.807) is 7.11 Å². The van der Waals surface area contributed by atoms with Crippen LogP contribution in [-0.2, 0) is 17.7 Å². The highest BCUT2D eigenvalue weighted by Crippen LogP contribution is 2.21. The Balaban J connectivity index is 2.17. The van der Waals surface area contributed by atoms with Crippen LogP contribution in [0.5, 0.6) is 0 Å². The summed E-state index contributed by atoms with van der Waals surface area (Å²) in [5.74, 6) is 0. The van der Waals surface area contributed by atoms with Crippen molar-refractivity contribution >= 4 is 0 Å². The molecule has 0 aromatic heterocycles. The second kappa shape index (κ2) is 6.34. The van der Waals surface area contributed by atoms with E-state index in [-0.39, 0.29) is 0 Å². The van der Waals surface area contributed by atoms with Crippen molar-refractivity contribution in [2.24, 2.45) is 5.73 Å². The molecule has 2 nitrogen and oxygen atoms in total. The SMILES string of the molecule is COCCc1ccc(-c2cccc(CN)c2)cc1. The lowest BCUT2D eigenvalue weighted by Gasteiger charge is -2.06. The maximum absolute atomic E-state index is 5.66. The van der Waals surface area contributed by atoms with Gasteiger partial charge in [0.05, 0.1) is 6.61 Å². The summed E-state index contributed by atoms with van der Waals surface area (Å²) in [5.41, 5.74) is 10.6. The van der Waals surface area contributed by atoms with Crippen molar-refractivity contribution in [3.63, 3.8) is 0 Å². The van der Waals surface area contributed by atoms with E-state index in [1.807, 2.05) is 0 Å². The van der Waals surface area contributed by atoms with E-state index >= 15 is 0 Å². The topological polar surface area (TPSA) is 35.2 Å². The van der Waals surface area contributed by atoms with Crippen molar-refractivity contribution in [2.45, 2.75) is 13.0 Å². The van der Waals surface area contributed by atoms with Crippen LogP contribution in [-0.4, -0.2) is 13.7 Å². The molecule has 0 bridgehead atoms. The minimum Gasteiger partial charge on any atom is -0.384 e. The van der Waals surface area contributed by atoms with Gasteiger partial charge in [-0.3, -0.25) is 0 Å². The van der Waals surface area contributed by atoms with Crippen molar-refractivity contribution in [3.05, 3.63) is 59.7 Å². The van der Waals surface area contributed by atoms with Crippen molar-refractivity contribution in [2.75, 3.05) is 13.7 Å². The monoisotopic (exact) mass is 241 g/mol. The first kappa shape index (κ1) is 12.8. The molecule has 0 unspecified atom stereocenters. The third-order valence-corrected chi connectivity index (χ3v) is 3.04. The van der Waals surface area contributed by atoms with Crippen LogP contribution >= 0.6 is 0 Å². The molecule has 2 rings (SSSR count). The quantitative estimate of drug-likeness (QED) is 0.873. The van der Waals surface area contributed by atoms with Crippen LogP contribution in [0.2, 0.25) is 0 Å². The molecule has 2 aromatic carbocycles. The van der Waals surface area contributed by atoms with Crippen LogP contribution in [0.4, 0.5) is 0 Å². The van der Waals surface area contributed by atoms with E-state index < -0.39 is 0 Å². The van der Waals surface area contributed by atoms with Gasteiger partial charge < -0.3 is 10.5 Å². The normalized spacial score (nSPS) is 10.6. The van der Waals surface area contributed by atoms with E-state index in [0.29, 0.717) is 6.54 Å². The first-order chi connectivity index (χ1) is 8.83. The van der Waals surface area contributed by atoms with Gasteiger partial charge in [-0.2, -0.15) is 0 Å². The minimum absolute atomic E-state index is 0.583. The molecule has 2 heteroatoms. The lowest BCUT2D eigenvalue weighted by molar-refractivity contribution is 0.202. The Labute approximate surface area is 108 Å². The fourth-order valence-corrected chi connectivity index (χ4v) is 1.96. The van der Waals surface area contributed by atoms with Crippen LogP contribution in [0.15, 0.2) is 48.5 Å². The van der Waals surface area contributed by atoms with Crippen LogP contribution in [0.25, 0.3) is 11.1 Å². The predicted molar refractivity (Wildman–Crippen MR) is 75.3 cm³/mol. The number of hydrogen-bond donors (Lipinski definition) is 1. The van der Waals surface area contributed by atoms with Gasteiger partial charge in [0.25, 0.3) is 0 Å². The molecule has 0 heterocycles. The Bertz CT molecular complexity index is 491. The summed E-state index contributed by atoms with van der Waals surface area (Å²) in [5, 5.41) is 0. The second-order valence-electron chi connectivity index (χ2n) is 4.34. The van der Waals surface area contributed by atoms with Crippen molar-refractivity contribution in [3.8, 4) is 11.1 Å². The van der Waals surface area contributed by atoms with Gasteiger partial charge in [-0.05, 0) is 34.7 Å². The molecule has 0 radical (unpaired) electrons. The van der Waals surface area contributed by atoms with Gasteiger partial charge in [-0.15, -0.1) is 0 Å². The van der Waals surface area contributed by atoms with Gasteiger partial charge in [0.2, 0.25) is 0 Å². The molecule has 2 aromatic rings. The summed E-state index contributed by atoms with van der Waals surface area (Å²) < 4.78 is 5.08. The third kappa shape index (κ3) is 3.19. The molecule has 94 valence electrons. The summed E-state index contributed by atoms with van der Waals surface area (Å²) in [6, 6.07) is 17.0. The Kier molecular flexibility index (Phi) is 4.51. The van der Waals surface area contributed by atoms with Gasteiger partial charge in [-0.1, -0.05) is 42.5 Å². The zero-order valence-electron chi connectivity index (χ0n) is 10.7. The maximum atomic E-state index is 5.66. The first-order valence-corrected chi connectivity index (χ1v) is 6.21. The molecule has 0 saturated carbocycles. The molecule has 0 fully saturated rings. The molecular weight excluding hydrogens is 222 g/mol. The fraction of sp³-hybridized carbons (Fsp3) is 0.250. The molecule has 0 amide bonds. The Morgan fingerprint density at radius 1 is 0.944 bits per heavy atom.